The van der Waals surface area contributed by atoms with Crippen LogP contribution in [-0.4, -0.2) is 29.6 Å². The summed E-state index contributed by atoms with van der Waals surface area (Å²) in [7, 11) is 0. The Bertz CT molecular complexity index is 311. The molecule has 4 rings (SSSR count). The molecule has 2 amide bonds. The van der Waals surface area contributed by atoms with Gasteiger partial charge in [0.05, 0.1) is 0 Å². The minimum Gasteiger partial charge on any atom is -0.335 e. The van der Waals surface area contributed by atoms with Crippen molar-refractivity contribution in [3.63, 3.8) is 0 Å². The topological polar surface area (TPSA) is 32.3 Å². The predicted octanol–water partition coefficient (Wildman–Crippen LogP) is 1.59. The van der Waals surface area contributed by atoms with Crippen molar-refractivity contribution in [2.75, 3.05) is 6.54 Å². The van der Waals surface area contributed by atoms with E-state index in [0.29, 0.717) is 12.1 Å². The molecule has 0 aromatic carbocycles. The maximum absolute atomic E-state index is 11.9. The number of likely N-dealkylation sites (tertiary alicyclic amines) is 1. The van der Waals surface area contributed by atoms with Crippen LogP contribution in [0.5, 0.6) is 0 Å². The van der Waals surface area contributed by atoms with Crippen LogP contribution in [0.1, 0.15) is 32.1 Å². The van der Waals surface area contributed by atoms with Crippen molar-refractivity contribution in [2.24, 2.45) is 17.8 Å². The smallest absolute Gasteiger partial charge is 0.317 e. The van der Waals surface area contributed by atoms with E-state index in [-0.39, 0.29) is 6.03 Å². The van der Waals surface area contributed by atoms with Crippen LogP contribution in [0.15, 0.2) is 0 Å². The molecule has 0 aromatic heterocycles. The Labute approximate surface area is 90.2 Å². The van der Waals surface area contributed by atoms with Crippen molar-refractivity contribution >= 4 is 6.03 Å². The van der Waals surface area contributed by atoms with Gasteiger partial charge < -0.3 is 10.2 Å². The van der Waals surface area contributed by atoms with E-state index in [1.54, 1.807) is 0 Å². The molecule has 1 saturated heterocycles. The zero-order valence-corrected chi connectivity index (χ0v) is 8.98. The number of hydrogen-bond acceptors (Lipinski definition) is 1. The van der Waals surface area contributed by atoms with Crippen LogP contribution in [-0.2, 0) is 0 Å². The Hall–Kier alpha value is -0.730. The van der Waals surface area contributed by atoms with E-state index in [0.717, 1.165) is 24.3 Å². The highest BCUT2D eigenvalue weighted by molar-refractivity contribution is 5.76. The fourth-order valence-electron chi connectivity index (χ4n) is 4.04. The lowest BCUT2D eigenvalue weighted by Gasteiger charge is -2.50. The van der Waals surface area contributed by atoms with Gasteiger partial charge in [-0.15, -0.1) is 0 Å². The van der Waals surface area contributed by atoms with Gasteiger partial charge in [0.1, 0.15) is 0 Å². The molecule has 15 heavy (non-hydrogen) atoms. The monoisotopic (exact) mass is 206 g/mol. The van der Waals surface area contributed by atoms with Crippen LogP contribution < -0.4 is 5.32 Å². The molecule has 4 aliphatic rings. The molecular weight excluding hydrogens is 188 g/mol. The highest BCUT2D eigenvalue weighted by Gasteiger charge is 2.57. The third-order valence-corrected chi connectivity index (χ3v) is 4.97. The van der Waals surface area contributed by atoms with Crippen molar-refractivity contribution < 1.29 is 4.79 Å². The molecule has 1 heterocycles. The second kappa shape index (κ2) is 2.69. The van der Waals surface area contributed by atoms with Crippen molar-refractivity contribution in [1.29, 1.82) is 0 Å². The van der Waals surface area contributed by atoms with Crippen molar-refractivity contribution in [3.8, 4) is 0 Å². The van der Waals surface area contributed by atoms with E-state index in [9.17, 15) is 4.79 Å². The summed E-state index contributed by atoms with van der Waals surface area (Å²) in [5.74, 6) is 2.68. The molecule has 4 fully saturated rings. The summed E-state index contributed by atoms with van der Waals surface area (Å²) in [5.41, 5.74) is 0. The van der Waals surface area contributed by atoms with Crippen LogP contribution in [0, 0.1) is 17.8 Å². The van der Waals surface area contributed by atoms with Crippen molar-refractivity contribution in [3.05, 3.63) is 0 Å². The molecule has 2 bridgehead atoms. The number of nitrogens with zero attached hydrogens (tertiary/aromatic N) is 1. The van der Waals surface area contributed by atoms with E-state index in [4.69, 9.17) is 0 Å². The normalized spacial score (nSPS) is 46.3. The quantitative estimate of drug-likeness (QED) is 0.694. The van der Waals surface area contributed by atoms with Gasteiger partial charge >= 0.3 is 6.03 Å². The van der Waals surface area contributed by atoms with Crippen LogP contribution in [0.4, 0.5) is 4.79 Å². The number of fused-ring (bicyclic) bond motifs is 5. The first-order valence-corrected chi connectivity index (χ1v) is 6.40. The van der Waals surface area contributed by atoms with Crippen molar-refractivity contribution in [1.82, 2.24) is 10.2 Å². The first-order chi connectivity index (χ1) is 7.33. The molecular formula is C12H18N2O. The van der Waals surface area contributed by atoms with Gasteiger partial charge in [-0.3, -0.25) is 0 Å². The van der Waals surface area contributed by atoms with Gasteiger partial charge in [0.25, 0.3) is 0 Å². The number of hydrogen-bond donors (Lipinski definition) is 1. The Morgan fingerprint density at radius 1 is 1.13 bits per heavy atom. The summed E-state index contributed by atoms with van der Waals surface area (Å²) in [6.45, 7) is 1.05. The molecule has 3 heteroatoms. The Balaban J connectivity index is 1.45. The van der Waals surface area contributed by atoms with Crippen molar-refractivity contribution in [2.45, 2.75) is 44.2 Å². The molecule has 0 spiro atoms. The van der Waals surface area contributed by atoms with E-state index in [1.165, 1.54) is 32.1 Å². The first-order valence-electron chi connectivity index (χ1n) is 6.40. The predicted molar refractivity (Wildman–Crippen MR) is 56.4 cm³/mol. The van der Waals surface area contributed by atoms with Gasteiger partial charge in [0.2, 0.25) is 0 Å². The fraction of sp³-hybridized carbons (Fsp3) is 0.917. The number of nitrogens with one attached hydrogen (secondary N) is 1. The molecule has 0 aromatic rings. The van der Waals surface area contributed by atoms with E-state index < -0.39 is 0 Å². The SMILES string of the molecule is O=C(NC1CC1)N1C[C@@H]2[C@H]3CC[C@@H](C3)[C@@H]21. The lowest BCUT2D eigenvalue weighted by molar-refractivity contribution is 0.0122. The summed E-state index contributed by atoms with van der Waals surface area (Å²) in [5, 5.41) is 3.11. The Kier molecular flexibility index (Phi) is 1.51. The zero-order chi connectivity index (χ0) is 9.99. The summed E-state index contributed by atoms with van der Waals surface area (Å²) < 4.78 is 0. The second-order valence-electron chi connectivity index (χ2n) is 5.86. The minimum atomic E-state index is 0.228. The molecule has 0 radical (unpaired) electrons. The van der Waals surface area contributed by atoms with Gasteiger partial charge in [0, 0.05) is 24.5 Å². The van der Waals surface area contributed by atoms with Gasteiger partial charge in [-0.05, 0) is 43.9 Å². The van der Waals surface area contributed by atoms with Crippen LogP contribution in [0.25, 0.3) is 0 Å². The van der Waals surface area contributed by atoms with Gasteiger partial charge in [0.15, 0.2) is 0 Å². The fourth-order valence-corrected chi connectivity index (χ4v) is 4.04. The Morgan fingerprint density at radius 2 is 1.93 bits per heavy atom. The van der Waals surface area contributed by atoms with Gasteiger partial charge in [-0.1, -0.05) is 0 Å². The maximum Gasteiger partial charge on any atom is 0.317 e. The Morgan fingerprint density at radius 3 is 2.67 bits per heavy atom. The highest BCUT2D eigenvalue weighted by Crippen LogP contribution is 2.55. The summed E-state index contributed by atoms with van der Waals surface area (Å²) in [4.78, 5) is 14.0. The number of rotatable bonds is 1. The standard InChI is InChI=1S/C12H18N2O/c15-12(13-9-3-4-9)14-6-10-7-1-2-8(5-7)11(10)14/h7-11H,1-6H2,(H,13,15)/t7-,8-,10+,11-/m0/s1. The summed E-state index contributed by atoms with van der Waals surface area (Å²) >= 11 is 0. The first kappa shape index (κ1) is 8.43. The maximum atomic E-state index is 11.9. The number of urea groups is 1. The largest absolute Gasteiger partial charge is 0.335 e. The minimum absolute atomic E-state index is 0.228. The number of amides is 2. The third-order valence-electron chi connectivity index (χ3n) is 4.97. The molecule has 3 saturated carbocycles. The van der Waals surface area contributed by atoms with E-state index in [2.05, 4.69) is 10.2 Å². The lowest BCUT2D eigenvalue weighted by Crippen LogP contribution is -2.63. The number of carbonyl (C=O) groups excluding carboxylic acids is 1. The summed E-state index contributed by atoms with van der Waals surface area (Å²) in [6, 6.07) is 1.36. The molecule has 3 nitrogen and oxygen atoms in total. The van der Waals surface area contributed by atoms with Gasteiger partial charge in [-0.2, -0.15) is 0 Å². The zero-order valence-electron chi connectivity index (χ0n) is 8.98. The second-order valence-corrected chi connectivity index (χ2v) is 5.86. The molecule has 1 aliphatic heterocycles. The molecule has 0 unspecified atom stereocenters. The molecule has 4 atom stereocenters. The molecule has 1 N–H and O–H groups in total. The van der Waals surface area contributed by atoms with Crippen LogP contribution in [0.2, 0.25) is 0 Å². The van der Waals surface area contributed by atoms with Crippen LogP contribution in [0.3, 0.4) is 0 Å². The van der Waals surface area contributed by atoms with Crippen LogP contribution >= 0.6 is 0 Å². The highest BCUT2D eigenvalue weighted by atomic mass is 16.2. The molecule has 82 valence electrons. The molecule has 3 aliphatic carbocycles. The van der Waals surface area contributed by atoms with E-state index in [1.807, 2.05) is 0 Å². The number of carbonyl (C=O) groups is 1. The van der Waals surface area contributed by atoms with Gasteiger partial charge in [-0.25, -0.2) is 4.79 Å². The summed E-state index contributed by atoms with van der Waals surface area (Å²) in [6.07, 6.45) is 6.60. The average molecular weight is 206 g/mol. The lowest BCUT2D eigenvalue weighted by atomic mass is 9.77. The average Bonchev–Trinajstić information content (AvgIpc) is 2.77. The third kappa shape index (κ3) is 1.09. The van der Waals surface area contributed by atoms with E-state index >= 15 is 0 Å².